The van der Waals surface area contributed by atoms with Gasteiger partial charge in [-0.05, 0) is 0 Å². The number of hydrogen-bond acceptors (Lipinski definition) is 0. The van der Waals surface area contributed by atoms with Crippen molar-refractivity contribution >= 4 is 0 Å². The number of hydrogen-bond donors (Lipinski definition) is 0. The summed E-state index contributed by atoms with van der Waals surface area (Å²) in [6, 6.07) is 0. The van der Waals surface area contributed by atoms with Crippen molar-refractivity contribution in [2.75, 3.05) is 0 Å². The van der Waals surface area contributed by atoms with Crippen molar-refractivity contribution in [1.82, 2.24) is 0 Å². The molecule has 31 valence electrons. The van der Waals surface area contributed by atoms with Crippen LogP contribution >= 0.6 is 0 Å². The molecule has 5 heavy (non-hydrogen) atoms. The minimum Gasteiger partial charge on any atom is -0.447 e. The van der Waals surface area contributed by atoms with Gasteiger partial charge in [0.1, 0.15) is 0 Å². The summed E-state index contributed by atoms with van der Waals surface area (Å²) < 4.78 is 0. The molecule has 0 atom stereocenters. The summed E-state index contributed by atoms with van der Waals surface area (Å²) in [5.74, 6) is 0.0833. The van der Waals surface area contributed by atoms with E-state index in [-0.39, 0.29) is 24.5 Å². The Morgan fingerprint density at radius 3 is 1.00 bits per heavy atom. The maximum atomic E-state index is 3.42. The van der Waals surface area contributed by atoms with Gasteiger partial charge in [-0.25, -0.2) is 0 Å². The average molecular weight is 106 g/mol. The molecule has 0 heterocycles. The van der Waals surface area contributed by atoms with Gasteiger partial charge in [-0.1, -0.05) is 0 Å². The predicted molar refractivity (Wildman–Crippen MR) is 19.6 cm³/mol. The van der Waals surface area contributed by atoms with Crippen LogP contribution in [-0.4, -0.2) is 0 Å². The van der Waals surface area contributed by atoms with E-state index in [9.17, 15) is 0 Å². The second-order valence-corrected chi connectivity index (χ2v) is 0.866. The Kier molecular flexibility index (Phi) is 8.38. The van der Waals surface area contributed by atoms with Gasteiger partial charge < -0.3 is 26.7 Å². The zero-order valence-corrected chi connectivity index (χ0v) is 4.54. The molecule has 0 aliphatic rings. The summed E-state index contributed by atoms with van der Waals surface area (Å²) >= 11 is 0. The van der Waals surface area contributed by atoms with Crippen LogP contribution in [0.25, 0.3) is 0 Å². The molecule has 0 nitrogen and oxygen atoms in total. The van der Waals surface area contributed by atoms with Crippen molar-refractivity contribution in [3.63, 3.8) is 0 Å². The fourth-order valence-electron chi connectivity index (χ4n) is 0. The molecule has 0 N–H and O–H groups in total. The fraction of sp³-hybridized carbons (Fsp3) is 0.250. The van der Waals surface area contributed by atoms with Gasteiger partial charge in [0.15, 0.2) is 0 Å². The van der Waals surface area contributed by atoms with E-state index in [1.807, 2.05) is 0 Å². The van der Waals surface area contributed by atoms with Crippen LogP contribution in [0.2, 0.25) is 0 Å². The molecule has 0 saturated heterocycles. The zero-order valence-electron chi connectivity index (χ0n) is 3.15. The molecule has 0 aromatic carbocycles. The second-order valence-electron chi connectivity index (χ2n) is 0.866. The topological polar surface area (TPSA) is 0 Å². The Morgan fingerprint density at radius 2 is 1.00 bits per heavy atom. The first-order valence-electron chi connectivity index (χ1n) is 1.22. The minimum atomic E-state index is 0. The molecule has 0 aromatic heterocycles. The van der Waals surface area contributed by atoms with E-state index in [0.29, 0.717) is 0 Å². The smallest absolute Gasteiger partial charge is 0 e. The van der Waals surface area contributed by atoms with Gasteiger partial charge in [-0.2, -0.15) is 0 Å². The Morgan fingerprint density at radius 1 is 1.00 bits per heavy atom. The van der Waals surface area contributed by atoms with Crippen molar-refractivity contribution in [1.29, 1.82) is 0 Å². The Hall–Kier alpha value is 0.584. The molecule has 0 spiro atoms. The zero-order chi connectivity index (χ0) is 3.58. The molecule has 1 radical (unpaired) electrons. The van der Waals surface area contributed by atoms with Crippen molar-refractivity contribution in [2.24, 2.45) is 5.92 Å². The number of rotatable bonds is 0. The van der Waals surface area contributed by atoms with Crippen LogP contribution in [0.4, 0.5) is 0 Å². The molecular formula is C4H7V-3. The van der Waals surface area contributed by atoms with Crippen LogP contribution in [0, 0.1) is 26.7 Å². The van der Waals surface area contributed by atoms with Gasteiger partial charge in [0.05, 0.1) is 0 Å². The average Bonchev–Trinajstić information content (AvgIpc) is 0.811. The van der Waals surface area contributed by atoms with E-state index in [2.05, 4.69) is 20.8 Å². The van der Waals surface area contributed by atoms with Crippen molar-refractivity contribution < 1.29 is 18.6 Å². The summed E-state index contributed by atoms with van der Waals surface area (Å²) in [4.78, 5) is 0. The van der Waals surface area contributed by atoms with Crippen LogP contribution in [0.1, 0.15) is 0 Å². The predicted octanol–water partition coefficient (Wildman–Crippen LogP) is 1.10. The molecule has 0 unspecified atom stereocenters. The summed E-state index contributed by atoms with van der Waals surface area (Å²) in [6.07, 6.45) is 0. The molecule has 0 rings (SSSR count). The van der Waals surface area contributed by atoms with Crippen LogP contribution < -0.4 is 0 Å². The molecule has 0 aliphatic heterocycles. The second kappa shape index (κ2) is 4.58. The first-order valence-corrected chi connectivity index (χ1v) is 1.22. The molecule has 0 bridgehead atoms. The van der Waals surface area contributed by atoms with Crippen LogP contribution in [0.15, 0.2) is 0 Å². The fourth-order valence-corrected chi connectivity index (χ4v) is 0. The third-order valence-corrected chi connectivity index (χ3v) is 0. The molecule has 0 saturated carbocycles. The Balaban J connectivity index is 0. The van der Waals surface area contributed by atoms with Gasteiger partial charge in [0.2, 0.25) is 0 Å². The summed E-state index contributed by atoms with van der Waals surface area (Å²) in [7, 11) is 0. The normalized spacial score (nSPS) is 7.20. The van der Waals surface area contributed by atoms with Crippen molar-refractivity contribution in [2.45, 2.75) is 0 Å². The Bertz CT molecular complexity index is 8.36. The van der Waals surface area contributed by atoms with E-state index in [1.54, 1.807) is 0 Å². The minimum absolute atomic E-state index is 0. The van der Waals surface area contributed by atoms with E-state index in [1.165, 1.54) is 0 Å². The van der Waals surface area contributed by atoms with Crippen LogP contribution in [0.3, 0.4) is 0 Å². The van der Waals surface area contributed by atoms with Gasteiger partial charge >= 0.3 is 0 Å². The van der Waals surface area contributed by atoms with Crippen LogP contribution in [0.5, 0.6) is 0 Å². The standard InChI is InChI=1S/C4H7.V/c1-4(2)3;/h4H,1-3H2;/q-3;. The van der Waals surface area contributed by atoms with E-state index < -0.39 is 0 Å². The maximum absolute atomic E-state index is 3.42. The van der Waals surface area contributed by atoms with Crippen molar-refractivity contribution in [3.05, 3.63) is 20.8 Å². The van der Waals surface area contributed by atoms with Gasteiger partial charge in [0, 0.05) is 18.6 Å². The third-order valence-electron chi connectivity index (χ3n) is 0. The molecule has 0 aromatic rings. The molecule has 0 amide bonds. The third kappa shape index (κ3) is 89.7. The molecular weight excluding hydrogens is 99.0 g/mol. The van der Waals surface area contributed by atoms with Gasteiger partial charge in [-0.15, -0.1) is 0 Å². The summed E-state index contributed by atoms with van der Waals surface area (Å²) in [5, 5.41) is 0. The SMILES string of the molecule is [CH2-]C([CH2-])[CH2-].[V]. The largest absolute Gasteiger partial charge is 0.447 e. The molecule has 1 heteroatoms. The van der Waals surface area contributed by atoms with Gasteiger partial charge in [0.25, 0.3) is 0 Å². The first kappa shape index (κ1) is 9.14. The summed E-state index contributed by atoms with van der Waals surface area (Å²) in [5.41, 5.74) is 0. The van der Waals surface area contributed by atoms with E-state index in [0.717, 1.165) is 0 Å². The van der Waals surface area contributed by atoms with Crippen LogP contribution in [-0.2, 0) is 18.6 Å². The van der Waals surface area contributed by atoms with Crippen molar-refractivity contribution in [3.8, 4) is 0 Å². The van der Waals surface area contributed by atoms with Gasteiger partial charge in [-0.3, -0.25) is 0 Å². The van der Waals surface area contributed by atoms with E-state index >= 15 is 0 Å². The molecule has 0 fully saturated rings. The first-order chi connectivity index (χ1) is 1.73. The monoisotopic (exact) mass is 106 g/mol. The maximum Gasteiger partial charge on any atom is 0 e. The quantitative estimate of drug-likeness (QED) is 0.405. The summed E-state index contributed by atoms with van der Waals surface area (Å²) in [6.45, 7) is 10.2. The Labute approximate surface area is 45.8 Å². The van der Waals surface area contributed by atoms with E-state index in [4.69, 9.17) is 0 Å². The molecule has 0 aliphatic carbocycles.